The highest BCUT2D eigenvalue weighted by Gasteiger charge is 2.08. The summed E-state index contributed by atoms with van der Waals surface area (Å²) in [4.78, 5) is 10.7. The van der Waals surface area contributed by atoms with E-state index in [4.69, 9.17) is 20.9 Å². The maximum absolute atomic E-state index is 10.7. The number of rotatable bonds is 7. The van der Waals surface area contributed by atoms with Gasteiger partial charge in [0.25, 0.3) is 5.91 Å². The molecule has 0 aromatic heterocycles. The average molecular weight is 289 g/mol. The van der Waals surface area contributed by atoms with E-state index in [0.717, 1.165) is 12.0 Å². The summed E-state index contributed by atoms with van der Waals surface area (Å²) >= 11 is 0. The van der Waals surface area contributed by atoms with Crippen LogP contribution in [0.5, 0.6) is 11.5 Å². The van der Waals surface area contributed by atoms with Gasteiger partial charge in [-0.25, -0.2) is 0 Å². The molecule has 4 N–H and O–H groups in total. The van der Waals surface area contributed by atoms with Crippen LogP contribution >= 0.6 is 12.4 Å². The second-order valence-electron chi connectivity index (χ2n) is 4.15. The normalized spacial score (nSPS) is 11.3. The lowest BCUT2D eigenvalue weighted by atomic mass is 10.1. The fourth-order valence-corrected chi connectivity index (χ4v) is 1.59. The number of ether oxygens (including phenoxy) is 2. The second kappa shape index (κ2) is 8.61. The molecule has 1 aromatic rings. The highest BCUT2D eigenvalue weighted by atomic mass is 35.5. The number of halogens is 1. The molecule has 0 saturated heterocycles. The van der Waals surface area contributed by atoms with Crippen LogP contribution in [0.2, 0.25) is 0 Å². The smallest absolute Gasteiger partial charge is 0.255 e. The maximum Gasteiger partial charge on any atom is 0.255 e. The summed E-state index contributed by atoms with van der Waals surface area (Å²) in [7, 11) is 0. The van der Waals surface area contributed by atoms with E-state index >= 15 is 0 Å². The van der Waals surface area contributed by atoms with E-state index in [1.54, 1.807) is 6.07 Å². The molecule has 1 atom stereocenters. The SMILES string of the molecule is CCOc1cc(CC(C)N)ccc1OCC(N)=O.Cl. The molecule has 5 nitrogen and oxygen atoms in total. The zero-order valence-electron chi connectivity index (χ0n) is 11.2. The number of carbonyl (C=O) groups is 1. The van der Waals surface area contributed by atoms with E-state index in [-0.39, 0.29) is 25.1 Å². The predicted octanol–water partition coefficient (Wildman–Crippen LogP) is 1.26. The van der Waals surface area contributed by atoms with Crippen LogP contribution in [0.3, 0.4) is 0 Å². The van der Waals surface area contributed by atoms with E-state index < -0.39 is 5.91 Å². The molecule has 108 valence electrons. The Hall–Kier alpha value is -1.46. The Labute approximate surface area is 119 Å². The molecule has 1 rings (SSSR count). The van der Waals surface area contributed by atoms with Crippen molar-refractivity contribution in [2.45, 2.75) is 26.3 Å². The summed E-state index contributed by atoms with van der Waals surface area (Å²) in [5, 5.41) is 0. The van der Waals surface area contributed by atoms with Gasteiger partial charge in [0.1, 0.15) is 0 Å². The molecule has 6 heteroatoms. The Morgan fingerprint density at radius 2 is 2.00 bits per heavy atom. The van der Waals surface area contributed by atoms with Gasteiger partial charge in [-0.2, -0.15) is 0 Å². The van der Waals surface area contributed by atoms with Gasteiger partial charge in [-0.15, -0.1) is 12.4 Å². The van der Waals surface area contributed by atoms with Gasteiger partial charge in [-0.1, -0.05) is 6.07 Å². The fraction of sp³-hybridized carbons (Fsp3) is 0.462. The third-order valence-corrected chi connectivity index (χ3v) is 2.24. The molecule has 0 radical (unpaired) electrons. The summed E-state index contributed by atoms with van der Waals surface area (Å²) in [6.45, 7) is 4.19. The molecule has 0 aliphatic heterocycles. The van der Waals surface area contributed by atoms with Crippen LogP contribution in [0.4, 0.5) is 0 Å². The molecule has 0 saturated carbocycles. The molecule has 1 aromatic carbocycles. The first-order chi connectivity index (χ1) is 8.52. The number of hydrogen-bond acceptors (Lipinski definition) is 4. The first-order valence-electron chi connectivity index (χ1n) is 5.95. The van der Waals surface area contributed by atoms with Crippen LogP contribution < -0.4 is 20.9 Å². The van der Waals surface area contributed by atoms with Crippen molar-refractivity contribution in [1.82, 2.24) is 0 Å². The highest BCUT2D eigenvalue weighted by Crippen LogP contribution is 2.28. The Morgan fingerprint density at radius 3 is 2.53 bits per heavy atom. The van der Waals surface area contributed by atoms with E-state index in [0.29, 0.717) is 18.1 Å². The molecule has 0 heterocycles. The molecular formula is C13H21ClN2O3. The van der Waals surface area contributed by atoms with Gasteiger partial charge in [-0.3, -0.25) is 4.79 Å². The molecule has 0 aliphatic rings. The Kier molecular flexibility index (Phi) is 7.95. The van der Waals surface area contributed by atoms with Gasteiger partial charge in [0.2, 0.25) is 0 Å². The standard InChI is InChI=1S/C13H20N2O3.ClH/c1-3-17-12-7-10(6-9(2)14)4-5-11(12)18-8-13(15)16;/h4-5,7,9H,3,6,8,14H2,1-2H3,(H2,15,16);1H. The van der Waals surface area contributed by atoms with Crippen LogP contribution in [-0.2, 0) is 11.2 Å². The van der Waals surface area contributed by atoms with Crippen molar-refractivity contribution >= 4 is 18.3 Å². The summed E-state index contributed by atoms with van der Waals surface area (Å²) in [6, 6.07) is 5.63. The van der Waals surface area contributed by atoms with Crippen molar-refractivity contribution in [3.05, 3.63) is 23.8 Å². The van der Waals surface area contributed by atoms with Crippen LogP contribution in [0, 0.1) is 0 Å². The second-order valence-corrected chi connectivity index (χ2v) is 4.15. The molecular weight excluding hydrogens is 268 g/mol. The van der Waals surface area contributed by atoms with E-state index in [1.807, 2.05) is 26.0 Å². The molecule has 0 spiro atoms. The number of carbonyl (C=O) groups excluding carboxylic acids is 1. The van der Waals surface area contributed by atoms with Gasteiger partial charge < -0.3 is 20.9 Å². The Balaban J connectivity index is 0.00000324. The van der Waals surface area contributed by atoms with E-state index in [1.165, 1.54) is 0 Å². The fourth-order valence-electron chi connectivity index (χ4n) is 1.59. The largest absolute Gasteiger partial charge is 0.490 e. The topological polar surface area (TPSA) is 87.6 Å². The Bertz CT molecular complexity index is 411. The van der Waals surface area contributed by atoms with Crippen molar-refractivity contribution < 1.29 is 14.3 Å². The number of nitrogens with two attached hydrogens (primary N) is 2. The van der Waals surface area contributed by atoms with Crippen LogP contribution in [0.15, 0.2) is 18.2 Å². The van der Waals surface area contributed by atoms with Crippen molar-refractivity contribution in [2.75, 3.05) is 13.2 Å². The number of benzene rings is 1. The third kappa shape index (κ3) is 6.31. The molecule has 0 fully saturated rings. The predicted molar refractivity (Wildman–Crippen MR) is 76.9 cm³/mol. The Morgan fingerprint density at radius 1 is 1.32 bits per heavy atom. The van der Waals surface area contributed by atoms with Crippen molar-refractivity contribution in [2.24, 2.45) is 11.5 Å². The minimum atomic E-state index is -0.517. The molecule has 0 bridgehead atoms. The zero-order valence-corrected chi connectivity index (χ0v) is 12.0. The zero-order chi connectivity index (χ0) is 13.5. The third-order valence-electron chi connectivity index (χ3n) is 2.24. The average Bonchev–Trinajstić information content (AvgIpc) is 2.27. The van der Waals surface area contributed by atoms with Crippen molar-refractivity contribution in [1.29, 1.82) is 0 Å². The van der Waals surface area contributed by atoms with Gasteiger partial charge in [0, 0.05) is 6.04 Å². The summed E-state index contributed by atoms with van der Waals surface area (Å²) in [5.74, 6) is 0.609. The molecule has 1 amide bonds. The monoisotopic (exact) mass is 288 g/mol. The highest BCUT2D eigenvalue weighted by molar-refractivity contribution is 5.85. The van der Waals surface area contributed by atoms with Gasteiger partial charge >= 0.3 is 0 Å². The molecule has 1 unspecified atom stereocenters. The first-order valence-corrected chi connectivity index (χ1v) is 5.95. The van der Waals surface area contributed by atoms with E-state index in [2.05, 4.69) is 0 Å². The summed E-state index contributed by atoms with van der Waals surface area (Å²) < 4.78 is 10.8. The minimum Gasteiger partial charge on any atom is -0.490 e. The number of amides is 1. The van der Waals surface area contributed by atoms with Gasteiger partial charge in [0.15, 0.2) is 18.1 Å². The van der Waals surface area contributed by atoms with Crippen molar-refractivity contribution in [3.63, 3.8) is 0 Å². The summed E-state index contributed by atoms with van der Waals surface area (Å²) in [5.41, 5.74) is 11.9. The minimum absolute atomic E-state index is 0. The summed E-state index contributed by atoms with van der Waals surface area (Å²) in [6.07, 6.45) is 0.760. The van der Waals surface area contributed by atoms with Gasteiger partial charge in [0.05, 0.1) is 6.61 Å². The lowest BCUT2D eigenvalue weighted by Crippen LogP contribution is -2.20. The lowest BCUT2D eigenvalue weighted by Gasteiger charge is -2.13. The van der Waals surface area contributed by atoms with Crippen LogP contribution in [0.25, 0.3) is 0 Å². The quantitative estimate of drug-likeness (QED) is 0.791. The number of hydrogen-bond donors (Lipinski definition) is 2. The number of primary amides is 1. The van der Waals surface area contributed by atoms with Crippen molar-refractivity contribution in [3.8, 4) is 11.5 Å². The lowest BCUT2D eigenvalue weighted by molar-refractivity contribution is -0.119. The maximum atomic E-state index is 10.7. The van der Waals surface area contributed by atoms with Gasteiger partial charge in [-0.05, 0) is 38.0 Å². The molecule has 19 heavy (non-hydrogen) atoms. The molecule has 0 aliphatic carbocycles. The first kappa shape index (κ1) is 17.5. The van der Waals surface area contributed by atoms with Crippen LogP contribution in [-0.4, -0.2) is 25.2 Å². The van der Waals surface area contributed by atoms with E-state index in [9.17, 15) is 4.79 Å². The van der Waals surface area contributed by atoms with Crippen LogP contribution in [0.1, 0.15) is 19.4 Å².